The van der Waals surface area contributed by atoms with E-state index in [1.54, 1.807) is 6.08 Å². The standard InChI is InChI=1S/C45H63F3O7SSi2/c1-9-14-15-16-17-24-29-36-37(30-32-49)41-42(50)39(40(36)44(41,10-2)55-57(11-3,12-4)13-5)38(54-56(51,52)45(46,47)48)31-33-53-58(43(6,7)8,34-25-20-18-21-26-34)35-27-22-19-23-28-35/h9-10,14,18-23,25-28,32,36-37,40-41H,2,11-13,15-17,24,29-31,33H2,1,3-8H3/b14-9+,39-38-/t36-,37-,40-,41+,44-/m1/s1. The third kappa shape index (κ3) is 9.28. The van der Waals surface area contributed by atoms with Crippen LogP contribution in [0, 0.1) is 23.7 Å². The normalized spacial score (nSPS) is 23.7. The molecule has 58 heavy (non-hydrogen) atoms. The van der Waals surface area contributed by atoms with Gasteiger partial charge in [-0.2, -0.15) is 21.6 Å². The second-order valence-electron chi connectivity index (χ2n) is 16.7. The number of unbranched alkanes of at least 4 members (excludes halogenated alkanes) is 3. The van der Waals surface area contributed by atoms with Gasteiger partial charge < -0.3 is 17.8 Å². The number of ketones is 1. The van der Waals surface area contributed by atoms with Gasteiger partial charge in [0.1, 0.15) is 12.0 Å². The van der Waals surface area contributed by atoms with Crippen molar-refractivity contribution in [1.29, 1.82) is 0 Å². The number of halogens is 3. The van der Waals surface area contributed by atoms with E-state index in [-0.39, 0.29) is 24.5 Å². The highest BCUT2D eigenvalue weighted by atomic mass is 32.2. The zero-order chi connectivity index (χ0) is 43.0. The number of carbonyl (C=O) groups excluding carboxylic acids is 2. The molecule has 0 unspecified atom stereocenters. The van der Waals surface area contributed by atoms with Gasteiger partial charge in [0.05, 0.1) is 11.5 Å². The van der Waals surface area contributed by atoms with Crippen LogP contribution in [0.2, 0.25) is 23.2 Å². The van der Waals surface area contributed by atoms with Gasteiger partial charge >= 0.3 is 15.6 Å². The SMILES string of the molecule is C=C[C@]1(O[Si](CC)(CC)CC)[C@@H]2C(=O)/C(=C(/CCO[Si](c3ccccc3)(c3ccccc3)C(C)(C)C)OS(=O)(=O)C(F)(F)F)[C@H]1[C@H](CCCCC/C=C/C)[C@H]2CC=O. The van der Waals surface area contributed by atoms with Crippen LogP contribution in [-0.2, 0) is 32.7 Å². The molecule has 0 amide bonds. The smallest absolute Gasteiger partial charge is 0.407 e. The van der Waals surface area contributed by atoms with E-state index in [1.807, 2.05) is 94.4 Å². The first-order chi connectivity index (χ1) is 27.4. The first-order valence-electron chi connectivity index (χ1n) is 20.8. The van der Waals surface area contributed by atoms with Crippen molar-refractivity contribution in [1.82, 2.24) is 0 Å². The van der Waals surface area contributed by atoms with Gasteiger partial charge in [0, 0.05) is 30.9 Å². The molecule has 2 saturated carbocycles. The minimum absolute atomic E-state index is 0.0509. The molecular formula is C45H63F3O7SSi2. The van der Waals surface area contributed by atoms with Crippen LogP contribution in [0.5, 0.6) is 0 Å². The van der Waals surface area contributed by atoms with Crippen LogP contribution in [0.25, 0.3) is 0 Å². The van der Waals surface area contributed by atoms with Crippen molar-refractivity contribution < 1.29 is 44.2 Å². The lowest BCUT2D eigenvalue weighted by molar-refractivity contribution is -0.123. The molecular weight excluding hydrogens is 798 g/mol. The van der Waals surface area contributed by atoms with Crippen molar-refractivity contribution in [2.24, 2.45) is 23.7 Å². The molecule has 0 heterocycles. The van der Waals surface area contributed by atoms with Gasteiger partial charge in [-0.3, -0.25) is 4.79 Å². The second-order valence-corrected chi connectivity index (χ2v) is 27.3. The van der Waals surface area contributed by atoms with Crippen LogP contribution in [-0.4, -0.2) is 54.8 Å². The number of alkyl halides is 3. The van der Waals surface area contributed by atoms with Crippen molar-refractivity contribution in [2.75, 3.05) is 6.61 Å². The summed E-state index contributed by atoms with van der Waals surface area (Å²) in [6.07, 6.45) is 10.1. The molecule has 7 nitrogen and oxygen atoms in total. The summed E-state index contributed by atoms with van der Waals surface area (Å²) in [4.78, 5) is 27.4. The average Bonchev–Trinajstić information content (AvgIpc) is 3.58. The van der Waals surface area contributed by atoms with E-state index in [0.29, 0.717) is 24.6 Å². The Bertz CT molecular complexity index is 1820. The maximum atomic E-state index is 15.0. The molecule has 5 atom stereocenters. The van der Waals surface area contributed by atoms with E-state index in [4.69, 9.17) is 13.0 Å². The quantitative estimate of drug-likeness (QED) is 0.0170. The Morgan fingerprint density at radius 2 is 1.45 bits per heavy atom. The fourth-order valence-electron chi connectivity index (χ4n) is 9.84. The topological polar surface area (TPSA) is 96.0 Å². The molecule has 2 aromatic rings. The summed E-state index contributed by atoms with van der Waals surface area (Å²) in [5.41, 5.74) is -7.23. The van der Waals surface area contributed by atoms with Gasteiger partial charge in [-0.05, 0) is 71.6 Å². The van der Waals surface area contributed by atoms with Gasteiger partial charge in [0.15, 0.2) is 14.1 Å². The highest BCUT2D eigenvalue weighted by molar-refractivity contribution is 7.87. The van der Waals surface area contributed by atoms with Crippen molar-refractivity contribution in [2.45, 2.75) is 128 Å². The lowest BCUT2D eigenvalue weighted by Gasteiger charge is -2.43. The predicted molar refractivity (Wildman–Crippen MR) is 230 cm³/mol. The number of rotatable bonds is 22. The molecule has 0 saturated heterocycles. The van der Waals surface area contributed by atoms with Crippen LogP contribution in [0.1, 0.15) is 93.4 Å². The molecule has 0 aliphatic heterocycles. The third-order valence-electron chi connectivity index (χ3n) is 12.8. The summed E-state index contributed by atoms with van der Waals surface area (Å²) in [6, 6.07) is 21.5. The van der Waals surface area contributed by atoms with Gasteiger partial charge in [-0.25, -0.2) is 0 Å². The Balaban J connectivity index is 1.96. The summed E-state index contributed by atoms with van der Waals surface area (Å²) in [6.45, 7) is 18.2. The molecule has 0 N–H and O–H groups in total. The maximum absolute atomic E-state index is 15.0. The number of aldehydes is 1. The monoisotopic (exact) mass is 860 g/mol. The maximum Gasteiger partial charge on any atom is 0.534 e. The minimum atomic E-state index is -6.21. The lowest BCUT2D eigenvalue weighted by atomic mass is 9.72. The molecule has 2 aromatic carbocycles. The predicted octanol–water partition coefficient (Wildman–Crippen LogP) is 10.2. The van der Waals surface area contributed by atoms with Gasteiger partial charge in [-0.1, -0.05) is 133 Å². The molecule has 0 radical (unpaired) electrons. The Morgan fingerprint density at radius 3 is 1.91 bits per heavy atom. The third-order valence-corrected chi connectivity index (χ3v) is 23.4. The van der Waals surface area contributed by atoms with Crippen LogP contribution in [0.3, 0.4) is 0 Å². The van der Waals surface area contributed by atoms with E-state index in [2.05, 4.69) is 33.4 Å². The number of allylic oxidation sites excluding steroid dienone is 2. The molecule has 320 valence electrons. The van der Waals surface area contributed by atoms with Gasteiger partial charge in [0.25, 0.3) is 8.32 Å². The molecule has 4 rings (SSSR count). The first-order valence-corrected chi connectivity index (χ1v) is 26.7. The highest BCUT2D eigenvalue weighted by Crippen LogP contribution is 2.65. The average molecular weight is 861 g/mol. The van der Waals surface area contributed by atoms with E-state index in [1.165, 1.54) is 0 Å². The van der Waals surface area contributed by atoms with Crippen molar-refractivity contribution >= 4 is 49.2 Å². The largest absolute Gasteiger partial charge is 0.534 e. The van der Waals surface area contributed by atoms with Crippen LogP contribution in [0.4, 0.5) is 13.2 Å². The summed E-state index contributed by atoms with van der Waals surface area (Å²) in [5.74, 6) is -3.83. The molecule has 0 aromatic heterocycles. The van der Waals surface area contributed by atoms with Gasteiger partial charge in [0.2, 0.25) is 0 Å². The second kappa shape index (κ2) is 19.5. The summed E-state index contributed by atoms with van der Waals surface area (Å²) in [7, 11) is -12.0. The van der Waals surface area contributed by atoms with Crippen molar-refractivity contribution in [3.63, 3.8) is 0 Å². The number of hydrogen-bond donors (Lipinski definition) is 0. The summed E-state index contributed by atoms with van der Waals surface area (Å²) < 4.78 is 88.3. The van der Waals surface area contributed by atoms with E-state index < -0.39 is 78.6 Å². The van der Waals surface area contributed by atoms with E-state index in [9.17, 15) is 26.4 Å². The Hall–Kier alpha value is -3.11. The molecule has 2 bridgehead atoms. The molecule has 2 fully saturated rings. The van der Waals surface area contributed by atoms with Crippen LogP contribution < -0.4 is 10.4 Å². The Labute approximate surface area is 346 Å². The molecule has 2 aliphatic rings. The number of carbonyl (C=O) groups is 2. The van der Waals surface area contributed by atoms with Crippen molar-refractivity contribution in [3.8, 4) is 0 Å². The molecule has 13 heteroatoms. The summed E-state index contributed by atoms with van der Waals surface area (Å²) >= 11 is 0. The van der Waals surface area contributed by atoms with Gasteiger partial charge in [-0.15, -0.1) is 6.58 Å². The molecule has 2 aliphatic carbocycles. The Morgan fingerprint density at radius 1 is 0.879 bits per heavy atom. The number of fused-ring (bicyclic) bond motifs is 2. The summed E-state index contributed by atoms with van der Waals surface area (Å²) in [5, 5.41) is 1.35. The minimum Gasteiger partial charge on any atom is -0.407 e. The van der Waals surface area contributed by atoms with E-state index in [0.717, 1.165) is 42.3 Å². The van der Waals surface area contributed by atoms with Crippen molar-refractivity contribution in [3.05, 3.63) is 96.8 Å². The first kappa shape index (κ1) is 47.6. The fraction of sp³-hybridized carbons (Fsp3) is 0.556. The lowest BCUT2D eigenvalue weighted by Crippen LogP contribution is -2.66. The van der Waals surface area contributed by atoms with Crippen LogP contribution in [0.15, 0.2) is 96.8 Å². The number of benzene rings is 2. The Kier molecular flexibility index (Phi) is 16.0. The van der Waals surface area contributed by atoms with E-state index >= 15 is 4.79 Å². The fourth-order valence-corrected chi connectivity index (χ4v) is 18.0. The molecule has 0 spiro atoms. The number of Topliss-reactive ketones (excluding diaryl/α,β-unsaturated/α-hetero) is 1. The highest BCUT2D eigenvalue weighted by Gasteiger charge is 2.71. The zero-order valence-electron chi connectivity index (χ0n) is 35.3. The number of hydrogen-bond acceptors (Lipinski definition) is 7. The zero-order valence-corrected chi connectivity index (χ0v) is 38.1. The van der Waals surface area contributed by atoms with Crippen LogP contribution >= 0.6 is 0 Å².